The van der Waals surface area contributed by atoms with E-state index < -0.39 is 0 Å². The average molecular weight is 87.1 g/mol. The zero-order valence-corrected chi connectivity index (χ0v) is 3.59. The Morgan fingerprint density at radius 3 is 2.67 bits per heavy atom. The highest BCUT2D eigenvalue weighted by molar-refractivity contribution is 4.91. The lowest BCUT2D eigenvalue weighted by Gasteiger charge is -1.76. The number of nitrogens with one attached hydrogen (secondary N) is 1. The van der Waals surface area contributed by atoms with Gasteiger partial charge in [0.15, 0.2) is 0 Å². The molecule has 0 fully saturated rings. The lowest BCUT2D eigenvalue weighted by molar-refractivity contribution is 0.769. The normalized spacial score (nSPS) is 6.33. The van der Waals surface area contributed by atoms with Gasteiger partial charge >= 0.3 is 0 Å². The molecule has 0 atom stereocenters. The van der Waals surface area contributed by atoms with Crippen molar-refractivity contribution < 1.29 is 4.39 Å². The molecule has 0 aromatic heterocycles. The fourth-order valence-electron chi connectivity index (χ4n) is 0.122. The minimum absolute atomic E-state index is 0.427. The Morgan fingerprint density at radius 1 is 1.83 bits per heavy atom. The second-order valence-electron chi connectivity index (χ2n) is 0.802. The van der Waals surface area contributed by atoms with Crippen LogP contribution in [-0.4, -0.2) is 13.6 Å². The van der Waals surface area contributed by atoms with Crippen LogP contribution in [0.3, 0.4) is 0 Å². The van der Waals surface area contributed by atoms with Crippen molar-refractivity contribution in [3.8, 4) is 12.1 Å². The van der Waals surface area contributed by atoms with E-state index in [-0.39, 0.29) is 0 Å². The molecule has 0 aromatic carbocycles. The van der Waals surface area contributed by atoms with Crippen molar-refractivity contribution in [3.63, 3.8) is 0 Å². The molecule has 1 N–H and O–H groups in total. The molecule has 0 aliphatic rings. The summed E-state index contributed by atoms with van der Waals surface area (Å²) in [5.74, 6) is 2.17. The third kappa shape index (κ3) is 3.45. The molecule has 0 saturated carbocycles. The molecule has 0 aliphatic carbocycles. The van der Waals surface area contributed by atoms with Crippen molar-refractivity contribution in [1.82, 2.24) is 5.32 Å². The first-order valence-corrected chi connectivity index (χ1v) is 1.65. The minimum atomic E-state index is 0.427. The maximum atomic E-state index is 10.8. The Balaban J connectivity index is 2.79. The van der Waals surface area contributed by atoms with Crippen LogP contribution in [0.15, 0.2) is 0 Å². The molecule has 1 nitrogen and oxygen atoms in total. The first-order chi connectivity index (χ1) is 2.91. The Morgan fingerprint density at radius 2 is 2.50 bits per heavy atom. The Kier molecular flexibility index (Phi) is 4.04. The molecular formula is C4H6FN. The van der Waals surface area contributed by atoms with E-state index in [0.717, 1.165) is 0 Å². The topological polar surface area (TPSA) is 12.0 Å². The minimum Gasteiger partial charge on any atom is -0.309 e. The maximum absolute atomic E-state index is 10.8. The van der Waals surface area contributed by atoms with Gasteiger partial charge in [0.05, 0.1) is 6.54 Å². The van der Waals surface area contributed by atoms with Gasteiger partial charge in [0, 0.05) is 0 Å². The summed E-state index contributed by atoms with van der Waals surface area (Å²) in [6, 6.07) is 0. The van der Waals surface area contributed by atoms with Crippen LogP contribution in [-0.2, 0) is 0 Å². The standard InChI is InChI=1S/C4H6FN/c1-6-4-2-3-5/h6H,4H2,1H3. The highest BCUT2D eigenvalue weighted by Gasteiger charge is 1.61. The van der Waals surface area contributed by atoms with Crippen LogP contribution in [0.1, 0.15) is 0 Å². The third-order valence-corrected chi connectivity index (χ3v) is 0.332. The van der Waals surface area contributed by atoms with Gasteiger partial charge in [0.25, 0.3) is 0 Å². The third-order valence-electron chi connectivity index (χ3n) is 0.332. The van der Waals surface area contributed by atoms with Crippen LogP contribution in [0.4, 0.5) is 4.39 Å². The lowest BCUT2D eigenvalue weighted by atomic mass is 10.7. The summed E-state index contributed by atoms with van der Waals surface area (Å²) in [5.41, 5.74) is 0. The van der Waals surface area contributed by atoms with Crippen LogP contribution in [0.5, 0.6) is 0 Å². The van der Waals surface area contributed by atoms with Gasteiger partial charge in [-0.15, -0.1) is 4.39 Å². The van der Waals surface area contributed by atoms with Crippen LogP contribution < -0.4 is 5.32 Å². The Bertz CT molecular complexity index is 69.4. The molecule has 34 valence electrons. The largest absolute Gasteiger partial charge is 0.309 e. The smallest absolute Gasteiger partial charge is 0.106 e. The second-order valence-corrected chi connectivity index (χ2v) is 0.802. The zero-order valence-electron chi connectivity index (χ0n) is 3.59. The quantitative estimate of drug-likeness (QED) is 0.448. The molecule has 0 amide bonds. The molecular weight excluding hydrogens is 81.0 g/mol. The van der Waals surface area contributed by atoms with Crippen molar-refractivity contribution in [2.24, 2.45) is 0 Å². The summed E-state index contributed by atoms with van der Waals surface area (Å²) >= 11 is 0. The number of rotatable bonds is 1. The molecule has 0 rings (SSSR count). The molecule has 0 heterocycles. The van der Waals surface area contributed by atoms with E-state index in [9.17, 15) is 4.39 Å². The summed E-state index contributed by atoms with van der Waals surface area (Å²) < 4.78 is 10.8. The zero-order chi connectivity index (χ0) is 4.83. The van der Waals surface area contributed by atoms with Gasteiger partial charge in [-0.3, -0.25) is 0 Å². The second kappa shape index (κ2) is 4.45. The first kappa shape index (κ1) is 5.45. The average Bonchev–Trinajstić information content (AvgIpc) is 1.61. The lowest BCUT2D eigenvalue weighted by Crippen LogP contribution is -2.03. The highest BCUT2D eigenvalue weighted by Crippen LogP contribution is 1.50. The summed E-state index contributed by atoms with van der Waals surface area (Å²) in [5, 5.41) is 2.66. The monoisotopic (exact) mass is 87.0 g/mol. The van der Waals surface area contributed by atoms with Crippen molar-refractivity contribution in [3.05, 3.63) is 0 Å². The van der Waals surface area contributed by atoms with Gasteiger partial charge in [-0.2, -0.15) is 0 Å². The van der Waals surface area contributed by atoms with Crippen molar-refractivity contribution in [2.75, 3.05) is 13.6 Å². The summed E-state index contributed by atoms with van der Waals surface area (Å²) in [4.78, 5) is 0. The molecule has 0 aromatic rings. The molecule has 0 aliphatic heterocycles. The van der Waals surface area contributed by atoms with E-state index in [4.69, 9.17) is 0 Å². The van der Waals surface area contributed by atoms with E-state index in [2.05, 4.69) is 11.2 Å². The van der Waals surface area contributed by atoms with Crippen LogP contribution in [0, 0.1) is 12.1 Å². The van der Waals surface area contributed by atoms with Crippen molar-refractivity contribution in [1.29, 1.82) is 0 Å². The van der Waals surface area contributed by atoms with Crippen LogP contribution >= 0.6 is 0 Å². The molecule has 0 saturated heterocycles. The molecule has 6 heavy (non-hydrogen) atoms. The van der Waals surface area contributed by atoms with Crippen molar-refractivity contribution in [2.45, 2.75) is 0 Å². The Hall–Kier alpha value is -0.550. The molecule has 0 spiro atoms. The molecule has 0 unspecified atom stereocenters. The number of hydrogen-bond acceptors (Lipinski definition) is 1. The van der Waals surface area contributed by atoms with Gasteiger partial charge in [-0.05, 0) is 7.05 Å². The fraction of sp³-hybridized carbons (Fsp3) is 0.500. The van der Waals surface area contributed by atoms with Gasteiger partial charge < -0.3 is 5.32 Å². The molecule has 2 heteroatoms. The van der Waals surface area contributed by atoms with E-state index in [1.165, 1.54) is 6.17 Å². The van der Waals surface area contributed by atoms with E-state index in [1.807, 2.05) is 0 Å². The molecule has 0 radical (unpaired) electrons. The highest BCUT2D eigenvalue weighted by atomic mass is 19.1. The predicted octanol–water partition coefficient (Wildman–Crippen LogP) is 0.136. The van der Waals surface area contributed by atoms with Crippen LogP contribution in [0.25, 0.3) is 0 Å². The fourth-order valence-corrected chi connectivity index (χ4v) is 0.122. The summed E-state index contributed by atoms with van der Waals surface area (Å²) in [6.07, 6.45) is 1.26. The maximum Gasteiger partial charge on any atom is 0.106 e. The summed E-state index contributed by atoms with van der Waals surface area (Å²) in [6.45, 7) is 0.427. The van der Waals surface area contributed by atoms with E-state index in [1.54, 1.807) is 7.05 Å². The predicted molar refractivity (Wildman–Crippen MR) is 22.8 cm³/mol. The Labute approximate surface area is 36.5 Å². The van der Waals surface area contributed by atoms with Crippen LogP contribution in [0.2, 0.25) is 0 Å². The van der Waals surface area contributed by atoms with Gasteiger partial charge in [0.1, 0.15) is 6.17 Å². The van der Waals surface area contributed by atoms with Crippen molar-refractivity contribution >= 4 is 0 Å². The van der Waals surface area contributed by atoms with Gasteiger partial charge in [-0.1, -0.05) is 5.92 Å². The first-order valence-electron chi connectivity index (χ1n) is 1.65. The number of halogens is 1. The van der Waals surface area contributed by atoms with E-state index in [0.29, 0.717) is 6.54 Å². The summed E-state index contributed by atoms with van der Waals surface area (Å²) in [7, 11) is 1.71. The number of hydrogen-bond donors (Lipinski definition) is 1. The van der Waals surface area contributed by atoms with Gasteiger partial charge in [0.2, 0.25) is 0 Å². The SMILES string of the molecule is CNCC#CF. The van der Waals surface area contributed by atoms with E-state index >= 15 is 0 Å². The van der Waals surface area contributed by atoms with Gasteiger partial charge in [-0.25, -0.2) is 0 Å². The molecule has 0 bridgehead atoms.